The topological polar surface area (TPSA) is 49.9 Å². The smallest absolute Gasteiger partial charge is 0.243 e. The summed E-state index contributed by atoms with van der Waals surface area (Å²) in [5, 5.41) is 0. The van der Waals surface area contributed by atoms with E-state index >= 15 is 0 Å². The third-order valence-corrected chi connectivity index (χ3v) is 8.45. The van der Waals surface area contributed by atoms with E-state index in [0.717, 1.165) is 57.3 Å². The number of sulfonamides is 1. The molecule has 0 spiro atoms. The lowest BCUT2D eigenvalue weighted by atomic mass is 10.0. The Morgan fingerprint density at radius 1 is 0.806 bits per heavy atom. The van der Waals surface area contributed by atoms with Crippen molar-refractivity contribution in [2.75, 3.05) is 26.2 Å². The molecule has 5 nitrogen and oxygen atoms in total. The number of aryl methyl sites for hydroxylation is 1. The van der Waals surface area contributed by atoms with Gasteiger partial charge in [0.2, 0.25) is 10.0 Å². The third-order valence-electron chi connectivity index (χ3n) is 6.54. The van der Waals surface area contributed by atoms with Gasteiger partial charge in [0.15, 0.2) is 0 Å². The van der Waals surface area contributed by atoms with Crippen molar-refractivity contribution < 1.29 is 13.2 Å². The van der Waals surface area contributed by atoms with Gasteiger partial charge in [-0.15, -0.1) is 0 Å². The van der Waals surface area contributed by atoms with Crippen molar-refractivity contribution in [2.24, 2.45) is 0 Å². The molecule has 2 aromatic carbocycles. The first-order chi connectivity index (χ1) is 15.0. The molecule has 0 radical (unpaired) electrons. The van der Waals surface area contributed by atoms with Gasteiger partial charge in [0, 0.05) is 32.7 Å². The highest BCUT2D eigenvalue weighted by Gasteiger charge is 2.31. The molecule has 0 N–H and O–H groups in total. The lowest BCUT2D eigenvalue weighted by Gasteiger charge is -2.36. The molecule has 2 aliphatic rings. The second-order valence-electron chi connectivity index (χ2n) is 8.70. The van der Waals surface area contributed by atoms with Crippen molar-refractivity contribution in [3.05, 3.63) is 65.7 Å². The molecule has 31 heavy (non-hydrogen) atoms. The first-order valence-electron chi connectivity index (χ1n) is 11.6. The first-order valence-corrected chi connectivity index (χ1v) is 13.0. The summed E-state index contributed by atoms with van der Waals surface area (Å²) < 4.78 is 33.9. The number of likely N-dealkylation sites (tertiary alicyclic amines) is 1. The first kappa shape index (κ1) is 22.5. The normalized spacial score (nSPS) is 20.2. The molecule has 2 fully saturated rings. The molecule has 2 saturated heterocycles. The van der Waals surface area contributed by atoms with Crippen LogP contribution in [0.15, 0.2) is 59.5 Å². The van der Waals surface area contributed by atoms with E-state index in [1.165, 1.54) is 5.56 Å². The molecule has 0 aliphatic carbocycles. The zero-order valence-corrected chi connectivity index (χ0v) is 19.3. The van der Waals surface area contributed by atoms with E-state index < -0.39 is 10.0 Å². The summed E-state index contributed by atoms with van der Waals surface area (Å²) >= 11 is 0. The number of piperidine rings is 2. The van der Waals surface area contributed by atoms with E-state index in [-0.39, 0.29) is 6.10 Å². The Morgan fingerprint density at radius 3 is 1.97 bits per heavy atom. The van der Waals surface area contributed by atoms with Crippen LogP contribution in [-0.2, 0) is 27.7 Å². The Morgan fingerprint density at radius 2 is 1.39 bits per heavy atom. The standard InChI is InChI=1S/C25H34N2O3S/c1-2-21-8-10-25(11-9-21)31(28,29)27-18-14-24(15-19-27)30-23-12-16-26(17-13-23)20-22-6-4-3-5-7-22/h3-11,23-24H,2,12-20H2,1H3. The lowest BCUT2D eigenvalue weighted by molar-refractivity contribution is -0.0595. The van der Waals surface area contributed by atoms with Crippen LogP contribution in [0, 0.1) is 0 Å². The van der Waals surface area contributed by atoms with Gasteiger partial charge in [-0.1, -0.05) is 49.4 Å². The van der Waals surface area contributed by atoms with Crippen LogP contribution in [0.4, 0.5) is 0 Å². The van der Waals surface area contributed by atoms with Crippen LogP contribution >= 0.6 is 0 Å². The van der Waals surface area contributed by atoms with Crippen molar-refractivity contribution in [1.82, 2.24) is 9.21 Å². The summed E-state index contributed by atoms with van der Waals surface area (Å²) in [6.45, 7) is 6.26. The summed E-state index contributed by atoms with van der Waals surface area (Å²) in [6.07, 6.45) is 5.02. The molecule has 2 aliphatic heterocycles. The van der Waals surface area contributed by atoms with Crippen LogP contribution < -0.4 is 0 Å². The van der Waals surface area contributed by atoms with E-state index in [4.69, 9.17) is 4.74 Å². The van der Waals surface area contributed by atoms with Crippen LogP contribution in [0.25, 0.3) is 0 Å². The Kier molecular flexibility index (Phi) is 7.43. The maximum atomic E-state index is 12.9. The number of hydrogen-bond acceptors (Lipinski definition) is 4. The van der Waals surface area contributed by atoms with Crippen molar-refractivity contribution in [3.63, 3.8) is 0 Å². The van der Waals surface area contributed by atoms with E-state index in [9.17, 15) is 8.42 Å². The van der Waals surface area contributed by atoms with Gasteiger partial charge in [0.1, 0.15) is 0 Å². The Bertz CT molecular complexity index is 915. The molecule has 168 valence electrons. The van der Waals surface area contributed by atoms with E-state index in [0.29, 0.717) is 24.1 Å². The predicted octanol–water partition coefficient (Wildman–Crippen LogP) is 4.08. The molecule has 0 aromatic heterocycles. The highest BCUT2D eigenvalue weighted by Crippen LogP contribution is 2.25. The van der Waals surface area contributed by atoms with Gasteiger partial charge < -0.3 is 4.74 Å². The second-order valence-corrected chi connectivity index (χ2v) is 10.6. The van der Waals surface area contributed by atoms with Gasteiger partial charge in [0.25, 0.3) is 0 Å². The van der Waals surface area contributed by atoms with Crippen LogP contribution in [0.5, 0.6) is 0 Å². The number of rotatable bonds is 7. The molecule has 0 unspecified atom stereocenters. The average Bonchev–Trinajstić information content (AvgIpc) is 2.81. The molecule has 4 rings (SSSR count). The van der Waals surface area contributed by atoms with Crippen molar-refractivity contribution >= 4 is 10.0 Å². The van der Waals surface area contributed by atoms with Crippen LogP contribution in [0.1, 0.15) is 43.7 Å². The molecule has 0 saturated carbocycles. The van der Waals surface area contributed by atoms with E-state index in [2.05, 4.69) is 42.2 Å². The van der Waals surface area contributed by atoms with Gasteiger partial charge in [-0.25, -0.2) is 8.42 Å². The zero-order chi connectivity index (χ0) is 21.7. The van der Waals surface area contributed by atoms with E-state index in [1.54, 1.807) is 16.4 Å². The summed E-state index contributed by atoms with van der Waals surface area (Å²) in [6, 6.07) is 17.9. The highest BCUT2D eigenvalue weighted by molar-refractivity contribution is 7.89. The van der Waals surface area contributed by atoms with Crippen LogP contribution in [0.2, 0.25) is 0 Å². The fraction of sp³-hybridized carbons (Fsp3) is 0.520. The van der Waals surface area contributed by atoms with Gasteiger partial charge in [0.05, 0.1) is 17.1 Å². The second kappa shape index (κ2) is 10.3. The van der Waals surface area contributed by atoms with Gasteiger partial charge in [-0.2, -0.15) is 4.31 Å². The van der Waals surface area contributed by atoms with Crippen molar-refractivity contribution in [2.45, 2.75) is 62.7 Å². The molecular formula is C25H34N2O3S. The number of ether oxygens (including phenoxy) is 1. The molecule has 0 atom stereocenters. The van der Waals surface area contributed by atoms with Gasteiger partial charge >= 0.3 is 0 Å². The number of benzene rings is 2. The number of nitrogens with zero attached hydrogens (tertiary/aromatic N) is 2. The predicted molar refractivity (Wildman–Crippen MR) is 123 cm³/mol. The minimum Gasteiger partial charge on any atom is -0.375 e. The SMILES string of the molecule is CCc1ccc(S(=O)(=O)N2CCC(OC3CCN(Cc4ccccc4)CC3)CC2)cc1. The molecule has 0 amide bonds. The quantitative estimate of drug-likeness (QED) is 0.648. The Labute approximate surface area is 187 Å². The minimum atomic E-state index is -3.41. The molecule has 6 heteroatoms. The highest BCUT2D eigenvalue weighted by atomic mass is 32.2. The third kappa shape index (κ3) is 5.75. The minimum absolute atomic E-state index is 0.166. The van der Waals surface area contributed by atoms with Gasteiger partial charge in [-0.05, 0) is 55.4 Å². The molecule has 2 heterocycles. The van der Waals surface area contributed by atoms with Crippen molar-refractivity contribution in [1.29, 1.82) is 0 Å². The molecule has 2 aromatic rings. The summed E-state index contributed by atoms with van der Waals surface area (Å²) in [5.41, 5.74) is 2.51. The monoisotopic (exact) mass is 442 g/mol. The number of hydrogen-bond donors (Lipinski definition) is 0. The van der Waals surface area contributed by atoms with Crippen molar-refractivity contribution in [3.8, 4) is 0 Å². The molecule has 0 bridgehead atoms. The van der Waals surface area contributed by atoms with E-state index in [1.807, 2.05) is 12.1 Å². The maximum Gasteiger partial charge on any atom is 0.243 e. The zero-order valence-electron chi connectivity index (χ0n) is 18.4. The molecular weight excluding hydrogens is 408 g/mol. The Hall–Kier alpha value is -1.73. The van der Waals surface area contributed by atoms with Gasteiger partial charge in [-0.3, -0.25) is 4.90 Å². The summed E-state index contributed by atoms with van der Waals surface area (Å²) in [4.78, 5) is 2.89. The largest absolute Gasteiger partial charge is 0.375 e. The summed E-state index contributed by atoms with van der Waals surface area (Å²) in [7, 11) is -3.41. The maximum absolute atomic E-state index is 12.9. The Balaban J connectivity index is 1.22. The summed E-state index contributed by atoms with van der Waals surface area (Å²) in [5.74, 6) is 0. The van der Waals surface area contributed by atoms with Crippen LogP contribution in [0.3, 0.4) is 0 Å². The van der Waals surface area contributed by atoms with Crippen LogP contribution in [-0.4, -0.2) is 56.0 Å². The fourth-order valence-electron chi connectivity index (χ4n) is 4.57. The fourth-order valence-corrected chi connectivity index (χ4v) is 6.04. The average molecular weight is 443 g/mol. The lowest BCUT2D eigenvalue weighted by Crippen LogP contribution is -2.43.